The van der Waals surface area contributed by atoms with Gasteiger partial charge in [-0.3, -0.25) is 9.59 Å². The van der Waals surface area contributed by atoms with E-state index in [2.05, 4.69) is 5.32 Å². The van der Waals surface area contributed by atoms with Crippen molar-refractivity contribution in [1.29, 1.82) is 0 Å². The summed E-state index contributed by atoms with van der Waals surface area (Å²) >= 11 is 11.9. The number of benzene rings is 1. The van der Waals surface area contributed by atoms with Gasteiger partial charge < -0.3 is 14.6 Å². The van der Waals surface area contributed by atoms with Crippen LogP contribution in [0.15, 0.2) is 41.0 Å². The Labute approximate surface area is 131 Å². The minimum absolute atomic E-state index is 0.152. The Morgan fingerprint density at radius 2 is 1.86 bits per heavy atom. The predicted molar refractivity (Wildman–Crippen MR) is 80.8 cm³/mol. The quantitative estimate of drug-likeness (QED) is 0.937. The molecule has 1 aromatic carbocycles. The van der Waals surface area contributed by atoms with Crippen molar-refractivity contribution in [3.63, 3.8) is 0 Å². The molecule has 0 saturated carbocycles. The zero-order valence-electron chi connectivity index (χ0n) is 11.1. The summed E-state index contributed by atoms with van der Waals surface area (Å²) in [6.45, 7) is -0.152. The molecule has 0 aliphatic carbocycles. The highest BCUT2D eigenvalue weighted by Gasteiger charge is 2.18. The molecular weight excluding hydrogens is 315 g/mol. The van der Waals surface area contributed by atoms with E-state index in [1.807, 2.05) is 0 Å². The first-order valence-corrected chi connectivity index (χ1v) is 6.77. The molecule has 5 nitrogen and oxygen atoms in total. The SMILES string of the molecule is CN(CC(=O)Nc1c(Cl)cccc1Cl)C(=O)c1ccco1. The lowest BCUT2D eigenvalue weighted by Gasteiger charge is -2.16. The number of halogens is 2. The van der Waals surface area contributed by atoms with E-state index < -0.39 is 5.91 Å². The van der Waals surface area contributed by atoms with Gasteiger partial charge in [-0.1, -0.05) is 29.3 Å². The van der Waals surface area contributed by atoms with Gasteiger partial charge >= 0.3 is 0 Å². The van der Waals surface area contributed by atoms with Crippen LogP contribution in [0.4, 0.5) is 5.69 Å². The molecule has 0 spiro atoms. The third kappa shape index (κ3) is 3.77. The summed E-state index contributed by atoms with van der Waals surface area (Å²) in [6, 6.07) is 8.03. The van der Waals surface area contributed by atoms with Gasteiger partial charge in [0.1, 0.15) is 0 Å². The number of nitrogens with one attached hydrogen (secondary N) is 1. The van der Waals surface area contributed by atoms with Crippen LogP contribution in [0, 0.1) is 0 Å². The number of carbonyl (C=O) groups is 2. The fourth-order valence-corrected chi connectivity index (χ4v) is 2.16. The van der Waals surface area contributed by atoms with Crippen molar-refractivity contribution in [3.05, 3.63) is 52.4 Å². The standard InChI is InChI=1S/C14H12Cl2N2O3/c1-18(14(20)11-6-3-7-21-11)8-12(19)17-13-9(15)4-2-5-10(13)16/h2-7H,8H2,1H3,(H,17,19). The van der Waals surface area contributed by atoms with Crippen molar-refractivity contribution in [2.45, 2.75) is 0 Å². The number of amides is 2. The van der Waals surface area contributed by atoms with Gasteiger partial charge in [0.15, 0.2) is 5.76 Å². The first kappa shape index (κ1) is 15.4. The highest BCUT2D eigenvalue weighted by atomic mass is 35.5. The summed E-state index contributed by atoms with van der Waals surface area (Å²) in [5, 5.41) is 3.24. The number of likely N-dealkylation sites (N-methyl/N-ethyl adjacent to an activating group) is 1. The van der Waals surface area contributed by atoms with Crippen LogP contribution >= 0.6 is 23.2 Å². The molecule has 0 aliphatic heterocycles. The van der Waals surface area contributed by atoms with E-state index in [1.54, 1.807) is 24.3 Å². The van der Waals surface area contributed by atoms with Crippen molar-refractivity contribution in [2.24, 2.45) is 0 Å². The first-order valence-electron chi connectivity index (χ1n) is 6.02. The van der Waals surface area contributed by atoms with Gasteiger partial charge in [-0.15, -0.1) is 0 Å². The zero-order valence-corrected chi connectivity index (χ0v) is 12.6. The molecule has 1 aromatic heterocycles. The second kappa shape index (κ2) is 6.65. The lowest BCUT2D eigenvalue weighted by Crippen LogP contribution is -2.34. The normalized spacial score (nSPS) is 10.2. The summed E-state index contributed by atoms with van der Waals surface area (Å²) in [7, 11) is 1.50. The van der Waals surface area contributed by atoms with E-state index in [1.165, 1.54) is 24.3 Å². The van der Waals surface area contributed by atoms with Gasteiger partial charge in [0.25, 0.3) is 5.91 Å². The van der Waals surface area contributed by atoms with Crippen LogP contribution in [0.3, 0.4) is 0 Å². The summed E-state index contributed by atoms with van der Waals surface area (Å²) in [6.07, 6.45) is 1.39. The van der Waals surface area contributed by atoms with E-state index in [0.717, 1.165) is 0 Å². The maximum atomic E-state index is 11.9. The lowest BCUT2D eigenvalue weighted by atomic mass is 10.3. The lowest BCUT2D eigenvalue weighted by molar-refractivity contribution is -0.116. The number of hydrogen-bond donors (Lipinski definition) is 1. The number of para-hydroxylation sites is 1. The number of carbonyl (C=O) groups excluding carboxylic acids is 2. The van der Waals surface area contributed by atoms with Crippen LogP contribution < -0.4 is 5.32 Å². The molecule has 7 heteroatoms. The van der Waals surface area contributed by atoms with Crippen LogP contribution in [-0.2, 0) is 4.79 Å². The molecule has 0 unspecified atom stereocenters. The van der Waals surface area contributed by atoms with Crippen LogP contribution in [0.2, 0.25) is 10.0 Å². The summed E-state index contributed by atoms with van der Waals surface area (Å²) in [5.41, 5.74) is 0.324. The zero-order chi connectivity index (χ0) is 15.4. The largest absolute Gasteiger partial charge is 0.459 e. The maximum Gasteiger partial charge on any atom is 0.289 e. The minimum Gasteiger partial charge on any atom is -0.459 e. The van der Waals surface area contributed by atoms with Crippen LogP contribution in [0.5, 0.6) is 0 Å². The van der Waals surface area contributed by atoms with E-state index in [9.17, 15) is 9.59 Å². The monoisotopic (exact) mass is 326 g/mol. The average Bonchev–Trinajstić information content (AvgIpc) is 2.96. The fraction of sp³-hybridized carbons (Fsp3) is 0.143. The molecular formula is C14H12Cl2N2O3. The Bertz CT molecular complexity index is 636. The fourth-order valence-electron chi connectivity index (χ4n) is 1.67. The third-order valence-electron chi connectivity index (χ3n) is 2.69. The van der Waals surface area contributed by atoms with Gasteiger partial charge in [-0.2, -0.15) is 0 Å². The summed E-state index contributed by atoms with van der Waals surface area (Å²) in [5.74, 6) is -0.631. The first-order chi connectivity index (χ1) is 9.99. The molecule has 2 aromatic rings. The molecule has 1 N–H and O–H groups in total. The van der Waals surface area contributed by atoms with Gasteiger partial charge in [0.2, 0.25) is 5.91 Å². The molecule has 0 bridgehead atoms. The number of nitrogens with zero attached hydrogens (tertiary/aromatic N) is 1. The van der Waals surface area contributed by atoms with Gasteiger partial charge in [0.05, 0.1) is 28.5 Å². The van der Waals surface area contributed by atoms with Crippen LogP contribution in [0.25, 0.3) is 0 Å². The van der Waals surface area contributed by atoms with Crippen molar-refractivity contribution >= 4 is 40.7 Å². The molecule has 0 saturated heterocycles. The molecule has 1 heterocycles. The molecule has 21 heavy (non-hydrogen) atoms. The second-order valence-corrected chi connectivity index (χ2v) is 5.10. The van der Waals surface area contributed by atoms with Gasteiger partial charge in [0, 0.05) is 7.05 Å². The highest BCUT2D eigenvalue weighted by molar-refractivity contribution is 6.39. The van der Waals surface area contributed by atoms with Crippen molar-refractivity contribution in [1.82, 2.24) is 4.90 Å². The highest BCUT2D eigenvalue weighted by Crippen LogP contribution is 2.29. The van der Waals surface area contributed by atoms with Crippen molar-refractivity contribution in [3.8, 4) is 0 Å². The predicted octanol–water partition coefficient (Wildman–Crippen LogP) is 3.30. The molecule has 110 valence electrons. The third-order valence-corrected chi connectivity index (χ3v) is 3.32. The number of furan rings is 1. The maximum absolute atomic E-state index is 11.9. The molecule has 2 amide bonds. The number of anilines is 1. The van der Waals surface area contributed by atoms with Crippen molar-refractivity contribution in [2.75, 3.05) is 18.9 Å². The Morgan fingerprint density at radius 1 is 1.19 bits per heavy atom. The van der Waals surface area contributed by atoms with E-state index >= 15 is 0 Å². The van der Waals surface area contributed by atoms with Gasteiger partial charge in [-0.05, 0) is 24.3 Å². The molecule has 0 fully saturated rings. The summed E-state index contributed by atoms with van der Waals surface area (Å²) < 4.78 is 4.99. The smallest absolute Gasteiger partial charge is 0.289 e. The number of hydrogen-bond acceptors (Lipinski definition) is 3. The van der Waals surface area contributed by atoms with E-state index in [-0.39, 0.29) is 18.2 Å². The van der Waals surface area contributed by atoms with Crippen LogP contribution in [-0.4, -0.2) is 30.3 Å². The second-order valence-electron chi connectivity index (χ2n) is 4.28. The summed E-state index contributed by atoms with van der Waals surface area (Å²) in [4.78, 5) is 25.1. The van der Waals surface area contributed by atoms with Gasteiger partial charge in [-0.25, -0.2) is 0 Å². The molecule has 2 rings (SSSR count). The Hall–Kier alpha value is -1.98. The Balaban J connectivity index is 2.00. The Morgan fingerprint density at radius 3 is 2.43 bits per heavy atom. The molecule has 0 atom stereocenters. The minimum atomic E-state index is -0.410. The molecule has 0 radical (unpaired) electrons. The van der Waals surface area contributed by atoms with Crippen LogP contribution in [0.1, 0.15) is 10.6 Å². The van der Waals surface area contributed by atoms with E-state index in [0.29, 0.717) is 15.7 Å². The van der Waals surface area contributed by atoms with Crippen molar-refractivity contribution < 1.29 is 14.0 Å². The average molecular weight is 327 g/mol. The Kier molecular flexibility index (Phi) is 4.88. The number of rotatable bonds is 4. The molecule has 0 aliphatic rings. The topological polar surface area (TPSA) is 62.6 Å². The van der Waals surface area contributed by atoms with E-state index in [4.69, 9.17) is 27.6 Å².